The average molecular weight is 246 g/mol. The van der Waals surface area contributed by atoms with Crippen LogP contribution < -0.4 is 5.32 Å². The van der Waals surface area contributed by atoms with Gasteiger partial charge in [-0.15, -0.1) is 0 Å². The SMILES string of the molecule is CC(NC1CCCC1C#N)c1ccc(O)cc1O. The van der Waals surface area contributed by atoms with Gasteiger partial charge in [0.2, 0.25) is 0 Å². The van der Waals surface area contributed by atoms with Crippen molar-refractivity contribution in [3.8, 4) is 17.6 Å². The summed E-state index contributed by atoms with van der Waals surface area (Å²) in [6.07, 6.45) is 3.02. The van der Waals surface area contributed by atoms with Gasteiger partial charge in [-0.1, -0.05) is 12.5 Å². The minimum atomic E-state index is -0.0375. The Labute approximate surface area is 107 Å². The van der Waals surface area contributed by atoms with Crippen LogP contribution in [0.2, 0.25) is 0 Å². The second kappa shape index (κ2) is 5.28. The molecular weight excluding hydrogens is 228 g/mol. The number of hydrogen-bond acceptors (Lipinski definition) is 4. The molecule has 1 fully saturated rings. The van der Waals surface area contributed by atoms with Gasteiger partial charge in [-0.2, -0.15) is 5.26 Å². The molecule has 3 N–H and O–H groups in total. The predicted octanol–water partition coefficient (Wildman–Crippen LogP) is 2.44. The van der Waals surface area contributed by atoms with E-state index in [1.54, 1.807) is 12.1 Å². The summed E-state index contributed by atoms with van der Waals surface area (Å²) in [6, 6.07) is 7.09. The van der Waals surface area contributed by atoms with Crippen LogP contribution in [0.1, 0.15) is 37.8 Å². The smallest absolute Gasteiger partial charge is 0.124 e. The van der Waals surface area contributed by atoms with E-state index in [4.69, 9.17) is 5.26 Å². The van der Waals surface area contributed by atoms with Crippen molar-refractivity contribution in [2.24, 2.45) is 5.92 Å². The van der Waals surface area contributed by atoms with Gasteiger partial charge in [0.1, 0.15) is 11.5 Å². The summed E-state index contributed by atoms with van der Waals surface area (Å²) in [4.78, 5) is 0. The van der Waals surface area contributed by atoms with E-state index in [2.05, 4.69) is 11.4 Å². The lowest BCUT2D eigenvalue weighted by molar-refractivity contribution is 0.398. The Morgan fingerprint density at radius 2 is 2.17 bits per heavy atom. The van der Waals surface area contributed by atoms with Gasteiger partial charge in [-0.3, -0.25) is 0 Å². The molecule has 2 rings (SSSR count). The summed E-state index contributed by atoms with van der Waals surface area (Å²) >= 11 is 0. The van der Waals surface area contributed by atoms with Crippen molar-refractivity contribution >= 4 is 0 Å². The van der Waals surface area contributed by atoms with Gasteiger partial charge in [0.25, 0.3) is 0 Å². The lowest BCUT2D eigenvalue weighted by Gasteiger charge is -2.22. The lowest BCUT2D eigenvalue weighted by atomic mass is 10.0. The van der Waals surface area contributed by atoms with Gasteiger partial charge >= 0.3 is 0 Å². The monoisotopic (exact) mass is 246 g/mol. The van der Waals surface area contributed by atoms with Crippen molar-refractivity contribution in [3.05, 3.63) is 23.8 Å². The molecule has 1 aliphatic carbocycles. The Morgan fingerprint density at radius 3 is 2.83 bits per heavy atom. The van der Waals surface area contributed by atoms with Gasteiger partial charge in [0.05, 0.1) is 12.0 Å². The highest BCUT2D eigenvalue weighted by Crippen LogP contribution is 2.31. The number of phenolic OH excluding ortho intramolecular Hbond substituents is 2. The highest BCUT2D eigenvalue weighted by atomic mass is 16.3. The molecule has 0 saturated heterocycles. The Hall–Kier alpha value is -1.73. The van der Waals surface area contributed by atoms with Gasteiger partial charge < -0.3 is 15.5 Å². The normalized spacial score (nSPS) is 24.7. The number of nitrogens with zero attached hydrogens (tertiary/aromatic N) is 1. The van der Waals surface area contributed by atoms with Crippen molar-refractivity contribution in [1.82, 2.24) is 5.32 Å². The van der Waals surface area contributed by atoms with Gasteiger partial charge in [0, 0.05) is 23.7 Å². The predicted molar refractivity (Wildman–Crippen MR) is 68.1 cm³/mol. The number of phenols is 2. The number of nitrogens with one attached hydrogen (secondary N) is 1. The first-order valence-corrected chi connectivity index (χ1v) is 6.29. The summed E-state index contributed by atoms with van der Waals surface area (Å²) in [7, 11) is 0. The zero-order valence-corrected chi connectivity index (χ0v) is 10.4. The van der Waals surface area contributed by atoms with Crippen molar-refractivity contribution < 1.29 is 10.2 Å². The van der Waals surface area contributed by atoms with Crippen LogP contribution in [0.25, 0.3) is 0 Å². The third-order valence-electron chi connectivity index (χ3n) is 3.63. The topological polar surface area (TPSA) is 76.3 Å². The Bertz CT molecular complexity index is 467. The molecule has 0 radical (unpaired) electrons. The molecule has 0 aromatic heterocycles. The molecule has 96 valence electrons. The minimum Gasteiger partial charge on any atom is -0.508 e. The molecule has 1 aromatic carbocycles. The number of rotatable bonds is 3. The van der Waals surface area contributed by atoms with Crippen LogP contribution in [0.4, 0.5) is 0 Å². The molecule has 4 heteroatoms. The second-order valence-electron chi connectivity index (χ2n) is 4.90. The molecule has 0 heterocycles. The minimum absolute atomic E-state index is 0.0375. The summed E-state index contributed by atoms with van der Waals surface area (Å²) in [6.45, 7) is 1.96. The van der Waals surface area contributed by atoms with Crippen LogP contribution >= 0.6 is 0 Å². The number of benzene rings is 1. The highest BCUT2D eigenvalue weighted by Gasteiger charge is 2.28. The van der Waals surface area contributed by atoms with Crippen LogP contribution in [0.15, 0.2) is 18.2 Å². The lowest BCUT2D eigenvalue weighted by Crippen LogP contribution is -2.33. The fraction of sp³-hybridized carbons (Fsp3) is 0.500. The second-order valence-corrected chi connectivity index (χ2v) is 4.90. The van der Waals surface area contributed by atoms with Crippen molar-refractivity contribution in [1.29, 1.82) is 5.26 Å². The molecule has 4 nitrogen and oxygen atoms in total. The van der Waals surface area contributed by atoms with Crippen molar-refractivity contribution in [2.45, 2.75) is 38.3 Å². The fourth-order valence-corrected chi connectivity index (χ4v) is 2.62. The van der Waals surface area contributed by atoms with E-state index >= 15 is 0 Å². The summed E-state index contributed by atoms with van der Waals surface area (Å²) in [5, 5.41) is 31.5. The van der Waals surface area contributed by atoms with Gasteiger partial charge in [-0.25, -0.2) is 0 Å². The highest BCUT2D eigenvalue weighted by molar-refractivity contribution is 5.40. The van der Waals surface area contributed by atoms with Crippen LogP contribution in [0.5, 0.6) is 11.5 Å². The van der Waals surface area contributed by atoms with E-state index in [0.29, 0.717) is 0 Å². The maximum atomic E-state index is 9.79. The van der Waals surface area contributed by atoms with E-state index in [1.165, 1.54) is 6.07 Å². The number of nitriles is 1. The molecule has 0 amide bonds. The first-order chi connectivity index (χ1) is 8.61. The van der Waals surface area contributed by atoms with E-state index in [-0.39, 0.29) is 29.5 Å². The third-order valence-corrected chi connectivity index (χ3v) is 3.63. The standard InChI is InChI=1S/C14H18N2O2/c1-9(12-6-5-11(17)7-14(12)18)16-13-4-2-3-10(13)8-15/h5-7,9-10,13,16-18H,2-4H2,1H3. The first kappa shape index (κ1) is 12.7. The molecule has 0 spiro atoms. The van der Waals surface area contributed by atoms with E-state index in [1.807, 2.05) is 6.92 Å². The fourth-order valence-electron chi connectivity index (χ4n) is 2.62. The van der Waals surface area contributed by atoms with Crippen LogP contribution in [0.3, 0.4) is 0 Å². The molecule has 0 aliphatic heterocycles. The van der Waals surface area contributed by atoms with Crippen molar-refractivity contribution in [3.63, 3.8) is 0 Å². The summed E-state index contributed by atoms with van der Waals surface area (Å²) in [5.74, 6) is 0.201. The molecular formula is C14H18N2O2. The summed E-state index contributed by atoms with van der Waals surface area (Å²) in [5.41, 5.74) is 0.747. The maximum absolute atomic E-state index is 9.79. The zero-order valence-electron chi connectivity index (χ0n) is 10.4. The van der Waals surface area contributed by atoms with Gasteiger partial charge in [-0.05, 0) is 25.8 Å². The molecule has 3 atom stereocenters. The average Bonchev–Trinajstić information content (AvgIpc) is 2.76. The molecule has 1 aliphatic rings. The third kappa shape index (κ3) is 2.57. The molecule has 1 saturated carbocycles. The zero-order chi connectivity index (χ0) is 13.1. The van der Waals surface area contributed by atoms with E-state index in [9.17, 15) is 10.2 Å². The summed E-state index contributed by atoms with van der Waals surface area (Å²) < 4.78 is 0. The van der Waals surface area contributed by atoms with Gasteiger partial charge in [0.15, 0.2) is 0 Å². The quantitative estimate of drug-likeness (QED) is 0.765. The van der Waals surface area contributed by atoms with E-state index in [0.717, 1.165) is 24.8 Å². The number of aromatic hydroxyl groups is 2. The molecule has 18 heavy (non-hydrogen) atoms. The largest absolute Gasteiger partial charge is 0.508 e. The molecule has 0 bridgehead atoms. The molecule has 3 unspecified atom stereocenters. The van der Waals surface area contributed by atoms with Crippen LogP contribution in [-0.4, -0.2) is 16.3 Å². The first-order valence-electron chi connectivity index (χ1n) is 6.29. The Morgan fingerprint density at radius 1 is 1.39 bits per heavy atom. The molecule has 1 aromatic rings. The van der Waals surface area contributed by atoms with Crippen molar-refractivity contribution in [2.75, 3.05) is 0 Å². The Kier molecular flexibility index (Phi) is 3.73. The maximum Gasteiger partial charge on any atom is 0.124 e. The number of hydrogen-bond donors (Lipinski definition) is 3. The van der Waals surface area contributed by atoms with E-state index < -0.39 is 0 Å². The van der Waals surface area contributed by atoms with Crippen LogP contribution in [0, 0.1) is 17.2 Å². The van der Waals surface area contributed by atoms with Crippen LogP contribution in [-0.2, 0) is 0 Å². The Balaban J connectivity index is 2.08.